The Morgan fingerprint density at radius 3 is 2.82 bits per heavy atom. The van der Waals surface area contributed by atoms with Crippen LogP contribution in [0.1, 0.15) is 25.8 Å². The third kappa shape index (κ3) is 2.57. The maximum atomic E-state index is 13.5. The highest BCUT2D eigenvalue weighted by Crippen LogP contribution is 2.31. The van der Waals surface area contributed by atoms with Crippen LogP contribution < -0.4 is 10.6 Å². The number of amides is 1. The predicted octanol–water partition coefficient (Wildman–Crippen LogP) is 2.30. The average molecular weight is 236 g/mol. The lowest BCUT2D eigenvalue weighted by atomic mass is 10.1. The van der Waals surface area contributed by atoms with Crippen molar-refractivity contribution in [2.24, 2.45) is 0 Å². The molecule has 0 saturated carbocycles. The Bertz CT molecular complexity index is 451. The van der Waals surface area contributed by atoms with E-state index in [9.17, 15) is 9.18 Å². The Hall–Kier alpha value is -1.58. The van der Waals surface area contributed by atoms with E-state index in [1.807, 2.05) is 12.1 Å². The van der Waals surface area contributed by atoms with E-state index in [1.54, 1.807) is 11.0 Å². The zero-order valence-electron chi connectivity index (χ0n) is 10.2. The second-order valence-electron chi connectivity index (χ2n) is 5.08. The summed E-state index contributed by atoms with van der Waals surface area (Å²) in [5.74, 6) is 0.0230. The Kier molecular flexibility index (Phi) is 2.81. The van der Waals surface area contributed by atoms with Gasteiger partial charge >= 0.3 is 0 Å². The van der Waals surface area contributed by atoms with Crippen molar-refractivity contribution in [1.29, 1.82) is 0 Å². The van der Waals surface area contributed by atoms with Gasteiger partial charge in [0.1, 0.15) is 5.67 Å². The molecule has 1 aliphatic rings. The number of alkyl halides is 1. The van der Waals surface area contributed by atoms with E-state index in [1.165, 1.54) is 13.8 Å². The summed E-state index contributed by atoms with van der Waals surface area (Å²) in [5, 5.41) is 0. The van der Waals surface area contributed by atoms with Gasteiger partial charge in [-0.25, -0.2) is 4.39 Å². The van der Waals surface area contributed by atoms with E-state index in [2.05, 4.69) is 0 Å². The van der Waals surface area contributed by atoms with Crippen LogP contribution in [0.4, 0.5) is 15.8 Å². The number of rotatable bonds is 3. The molecule has 1 aromatic rings. The molecule has 0 radical (unpaired) electrons. The first-order valence-electron chi connectivity index (χ1n) is 5.74. The third-order valence-corrected chi connectivity index (χ3v) is 2.97. The molecule has 4 heteroatoms. The molecule has 92 valence electrons. The van der Waals surface area contributed by atoms with Crippen LogP contribution in [0.15, 0.2) is 18.2 Å². The molecule has 0 unspecified atom stereocenters. The van der Waals surface area contributed by atoms with Gasteiger partial charge in [0, 0.05) is 17.9 Å². The average Bonchev–Trinajstić information content (AvgIpc) is 2.48. The number of nitrogen functional groups attached to an aromatic ring is 1. The van der Waals surface area contributed by atoms with Gasteiger partial charge in [-0.05, 0) is 44.0 Å². The number of nitrogens with zero attached hydrogens (tertiary/aromatic N) is 1. The molecule has 0 saturated heterocycles. The van der Waals surface area contributed by atoms with Crippen LogP contribution in [-0.4, -0.2) is 18.1 Å². The molecule has 1 aliphatic heterocycles. The first-order valence-corrected chi connectivity index (χ1v) is 5.74. The Labute approximate surface area is 100 Å². The van der Waals surface area contributed by atoms with Crippen molar-refractivity contribution in [3.8, 4) is 0 Å². The molecule has 2 rings (SSSR count). The number of carbonyl (C=O) groups is 1. The van der Waals surface area contributed by atoms with Crippen molar-refractivity contribution in [1.82, 2.24) is 0 Å². The highest BCUT2D eigenvalue weighted by Gasteiger charge is 2.28. The molecular formula is C13H17FN2O. The zero-order chi connectivity index (χ0) is 12.6. The molecule has 3 nitrogen and oxygen atoms in total. The fourth-order valence-electron chi connectivity index (χ4n) is 2.03. The summed E-state index contributed by atoms with van der Waals surface area (Å²) in [4.78, 5) is 13.5. The second kappa shape index (κ2) is 4.02. The summed E-state index contributed by atoms with van der Waals surface area (Å²) >= 11 is 0. The number of hydrogen-bond acceptors (Lipinski definition) is 2. The molecule has 0 spiro atoms. The van der Waals surface area contributed by atoms with Gasteiger partial charge in [-0.15, -0.1) is 0 Å². The molecule has 1 heterocycles. The molecule has 2 N–H and O–H groups in total. The highest BCUT2D eigenvalue weighted by molar-refractivity contribution is 6.01. The summed E-state index contributed by atoms with van der Waals surface area (Å²) < 4.78 is 13.5. The van der Waals surface area contributed by atoms with E-state index in [0.29, 0.717) is 25.1 Å². The molecular weight excluding hydrogens is 219 g/mol. The van der Waals surface area contributed by atoms with Crippen molar-refractivity contribution >= 4 is 17.3 Å². The van der Waals surface area contributed by atoms with Crippen LogP contribution in [0.2, 0.25) is 0 Å². The number of nitrogens with two attached hydrogens (primary N) is 1. The lowest BCUT2D eigenvalue weighted by Gasteiger charge is -2.21. The van der Waals surface area contributed by atoms with Gasteiger partial charge in [0.25, 0.3) is 0 Å². The van der Waals surface area contributed by atoms with Crippen LogP contribution in [0.3, 0.4) is 0 Å². The van der Waals surface area contributed by atoms with E-state index >= 15 is 0 Å². The minimum absolute atomic E-state index is 0.0230. The van der Waals surface area contributed by atoms with Crippen molar-refractivity contribution in [3.63, 3.8) is 0 Å². The molecule has 0 fully saturated rings. The molecule has 0 bridgehead atoms. The SMILES string of the molecule is CC(C)(F)CCN1C(=O)Cc2cc(N)ccc21. The Balaban J connectivity index is 2.18. The van der Waals surface area contributed by atoms with Gasteiger partial charge in [-0.2, -0.15) is 0 Å². The van der Waals surface area contributed by atoms with Crippen molar-refractivity contribution in [3.05, 3.63) is 23.8 Å². The molecule has 17 heavy (non-hydrogen) atoms. The minimum atomic E-state index is -1.25. The van der Waals surface area contributed by atoms with Crippen molar-refractivity contribution < 1.29 is 9.18 Å². The topological polar surface area (TPSA) is 46.3 Å². The summed E-state index contributed by atoms with van der Waals surface area (Å²) in [6, 6.07) is 5.42. The van der Waals surface area contributed by atoms with Crippen molar-refractivity contribution in [2.75, 3.05) is 17.2 Å². The zero-order valence-corrected chi connectivity index (χ0v) is 10.2. The van der Waals surface area contributed by atoms with Crippen LogP contribution in [-0.2, 0) is 11.2 Å². The monoisotopic (exact) mass is 236 g/mol. The normalized spacial score (nSPS) is 15.2. The third-order valence-electron chi connectivity index (χ3n) is 2.97. The summed E-state index contributed by atoms with van der Waals surface area (Å²) in [6.45, 7) is 3.47. The van der Waals surface area contributed by atoms with Gasteiger partial charge in [0.15, 0.2) is 0 Å². The van der Waals surface area contributed by atoms with Crippen LogP contribution in [0.25, 0.3) is 0 Å². The van der Waals surface area contributed by atoms with E-state index in [-0.39, 0.29) is 5.91 Å². The molecule has 1 amide bonds. The quantitative estimate of drug-likeness (QED) is 0.818. The van der Waals surface area contributed by atoms with Gasteiger partial charge in [0.05, 0.1) is 6.42 Å². The first-order chi connectivity index (χ1) is 7.87. The fraction of sp³-hybridized carbons (Fsp3) is 0.462. The Morgan fingerprint density at radius 1 is 1.47 bits per heavy atom. The summed E-state index contributed by atoms with van der Waals surface area (Å²) in [5.41, 5.74) is 6.88. The lowest BCUT2D eigenvalue weighted by molar-refractivity contribution is -0.117. The molecule has 0 aromatic heterocycles. The fourth-order valence-corrected chi connectivity index (χ4v) is 2.03. The number of fused-ring (bicyclic) bond motifs is 1. The predicted molar refractivity (Wildman–Crippen MR) is 66.7 cm³/mol. The highest BCUT2D eigenvalue weighted by atomic mass is 19.1. The first kappa shape index (κ1) is 11.9. The van der Waals surface area contributed by atoms with E-state index in [4.69, 9.17) is 5.73 Å². The smallest absolute Gasteiger partial charge is 0.231 e. The van der Waals surface area contributed by atoms with Gasteiger partial charge < -0.3 is 10.6 Å². The maximum absolute atomic E-state index is 13.5. The molecule has 0 atom stereocenters. The van der Waals surface area contributed by atoms with Crippen LogP contribution in [0, 0.1) is 0 Å². The van der Waals surface area contributed by atoms with Gasteiger partial charge in [0.2, 0.25) is 5.91 Å². The van der Waals surface area contributed by atoms with Gasteiger partial charge in [-0.3, -0.25) is 4.79 Å². The minimum Gasteiger partial charge on any atom is -0.399 e. The Morgan fingerprint density at radius 2 is 2.18 bits per heavy atom. The molecule has 0 aliphatic carbocycles. The number of halogens is 1. The second-order valence-corrected chi connectivity index (χ2v) is 5.08. The van der Waals surface area contributed by atoms with Crippen molar-refractivity contribution in [2.45, 2.75) is 32.4 Å². The largest absolute Gasteiger partial charge is 0.399 e. The molecule has 1 aromatic carbocycles. The summed E-state index contributed by atoms with van der Waals surface area (Å²) in [6.07, 6.45) is 0.704. The van der Waals surface area contributed by atoms with Crippen LogP contribution >= 0.6 is 0 Å². The number of benzene rings is 1. The lowest BCUT2D eigenvalue weighted by Crippen LogP contribution is -2.31. The number of hydrogen-bond donors (Lipinski definition) is 1. The number of carbonyl (C=O) groups excluding carboxylic acids is 1. The van der Waals surface area contributed by atoms with E-state index in [0.717, 1.165) is 11.3 Å². The van der Waals surface area contributed by atoms with E-state index < -0.39 is 5.67 Å². The van der Waals surface area contributed by atoms with Gasteiger partial charge in [-0.1, -0.05) is 0 Å². The van der Waals surface area contributed by atoms with Crippen LogP contribution in [0.5, 0.6) is 0 Å². The summed E-state index contributed by atoms with van der Waals surface area (Å²) in [7, 11) is 0. The maximum Gasteiger partial charge on any atom is 0.231 e. The number of anilines is 2. The standard InChI is InChI=1S/C13H17FN2O/c1-13(2,14)5-6-16-11-4-3-10(15)7-9(11)8-12(16)17/h3-4,7H,5-6,8,15H2,1-2H3.